The van der Waals surface area contributed by atoms with Crippen molar-refractivity contribution in [2.45, 2.75) is 83.4 Å². The van der Waals surface area contributed by atoms with E-state index in [1.807, 2.05) is 18.4 Å². The monoisotopic (exact) mass is 845 g/mol. The van der Waals surface area contributed by atoms with Gasteiger partial charge in [-0.15, -0.1) is 0 Å². The Morgan fingerprint density at radius 1 is 1.02 bits per heavy atom. The number of ether oxygens (including phenoxy) is 1. The molecule has 17 nitrogen and oxygen atoms in total. The molecule has 0 radical (unpaired) electrons. The second-order valence-electron chi connectivity index (χ2n) is 17.3. The lowest BCUT2D eigenvalue weighted by Crippen LogP contribution is -2.38. The number of fused-ring (bicyclic) bond motifs is 3. The summed E-state index contributed by atoms with van der Waals surface area (Å²) in [7, 11) is 1.71. The summed E-state index contributed by atoms with van der Waals surface area (Å²) < 4.78 is 55.9. The highest BCUT2D eigenvalue weighted by atomic mass is 19.1. The Kier molecular flexibility index (Phi) is 8.17. The predicted molar refractivity (Wildman–Crippen MR) is 218 cm³/mol. The van der Waals surface area contributed by atoms with Gasteiger partial charge in [0.25, 0.3) is 5.91 Å². The van der Waals surface area contributed by atoms with Crippen LogP contribution in [0.4, 0.5) is 8.78 Å². The van der Waals surface area contributed by atoms with Crippen LogP contribution in [0.15, 0.2) is 67.5 Å². The zero-order valence-electron chi connectivity index (χ0n) is 34.5. The van der Waals surface area contributed by atoms with Crippen molar-refractivity contribution in [2.24, 2.45) is 7.05 Å². The van der Waals surface area contributed by atoms with Gasteiger partial charge in [-0.05, 0) is 88.8 Å². The van der Waals surface area contributed by atoms with Gasteiger partial charge >= 0.3 is 11.4 Å². The number of imidazole rings is 1. The number of nitrogens with one attached hydrogen (secondary N) is 1. The molecule has 1 saturated carbocycles. The van der Waals surface area contributed by atoms with Crippen LogP contribution in [0.5, 0.6) is 0 Å². The molecular formula is C43H41F2N11O6. The molecule has 2 fully saturated rings. The number of oxazole rings is 1. The zero-order chi connectivity index (χ0) is 43.0. The number of nitrogens with zero attached hydrogens (tertiary/aromatic N) is 10. The molecule has 1 saturated heterocycles. The standard InChI is InChI=1S/C43H41F2N11O6/c1-22-16-25(17-23(2)33(22)44)56-37(54-14-13-53(41(54)59)30-7-6-29-26(34(30)45)20-46-51(29)5)27-21-52(12-8-28(27)49-56)38(57)31-18-32-35(47-36(61-32)24-9-15-60-42(3,4)19-24)55(31)43(10-11-43)39-48-40(58)62-50-39/h6-7,13-14,16-18,20,24H,8-12,15,19,21H2,1-5H3,(H,48,50,58)/t24-/m0/s1. The van der Waals surface area contributed by atoms with Gasteiger partial charge < -0.3 is 18.6 Å². The van der Waals surface area contributed by atoms with Gasteiger partial charge in [-0.1, -0.05) is 5.16 Å². The van der Waals surface area contributed by atoms with Crippen LogP contribution in [0.25, 0.3) is 39.3 Å². The van der Waals surface area contributed by atoms with Crippen LogP contribution in [-0.2, 0) is 30.3 Å². The van der Waals surface area contributed by atoms with Crippen molar-refractivity contribution in [1.82, 2.24) is 53.3 Å². The van der Waals surface area contributed by atoms with Gasteiger partial charge in [0.05, 0.1) is 46.3 Å². The summed E-state index contributed by atoms with van der Waals surface area (Å²) >= 11 is 0. The highest BCUT2D eigenvalue weighted by molar-refractivity contribution is 5.97. The molecular weight excluding hydrogens is 805 g/mol. The molecule has 0 spiro atoms. The van der Waals surface area contributed by atoms with Crippen molar-refractivity contribution in [2.75, 3.05) is 13.2 Å². The van der Waals surface area contributed by atoms with E-state index in [4.69, 9.17) is 23.8 Å². The minimum Gasteiger partial charge on any atom is -0.439 e. The Balaban J connectivity index is 1.03. The van der Waals surface area contributed by atoms with Gasteiger partial charge in [0.2, 0.25) is 0 Å². The van der Waals surface area contributed by atoms with Crippen LogP contribution in [0.1, 0.15) is 90.0 Å². The van der Waals surface area contributed by atoms with E-state index in [1.165, 1.54) is 33.8 Å². The topological polar surface area (TPSA) is 182 Å². The number of hydrogen-bond acceptors (Lipinski definition) is 10. The highest BCUT2D eigenvalue weighted by Crippen LogP contribution is 2.51. The van der Waals surface area contributed by atoms with Gasteiger partial charge in [0.1, 0.15) is 22.9 Å². The minimum atomic E-state index is -0.915. The number of carbonyl (C=O) groups is 1. The van der Waals surface area contributed by atoms with Crippen LogP contribution in [-0.4, -0.2) is 77.9 Å². The normalized spacial score (nSPS) is 18.2. The minimum absolute atomic E-state index is 0.00192. The number of aryl methyl sites for hydroxylation is 3. The molecule has 3 aliphatic rings. The van der Waals surface area contributed by atoms with E-state index in [1.54, 1.807) is 59.4 Å². The number of amides is 1. The van der Waals surface area contributed by atoms with Gasteiger partial charge in [-0.25, -0.2) is 23.1 Å². The van der Waals surface area contributed by atoms with E-state index in [0.29, 0.717) is 88.8 Å². The number of halogens is 2. The largest absolute Gasteiger partial charge is 0.439 e. The highest BCUT2D eigenvalue weighted by Gasteiger charge is 2.53. The Morgan fingerprint density at radius 2 is 1.79 bits per heavy atom. The molecule has 1 N–H and O–H groups in total. The van der Waals surface area contributed by atoms with Crippen molar-refractivity contribution in [1.29, 1.82) is 0 Å². The maximum Gasteiger partial charge on any atom is 0.438 e. The number of H-pyrrole nitrogens is 1. The lowest BCUT2D eigenvalue weighted by molar-refractivity contribution is -0.0621. The third kappa shape index (κ3) is 5.70. The van der Waals surface area contributed by atoms with E-state index in [2.05, 4.69) is 15.2 Å². The predicted octanol–water partition coefficient (Wildman–Crippen LogP) is 5.62. The second-order valence-corrected chi connectivity index (χ2v) is 17.3. The van der Waals surface area contributed by atoms with Crippen molar-refractivity contribution in [3.63, 3.8) is 0 Å². The molecule has 1 amide bonds. The third-order valence-electron chi connectivity index (χ3n) is 12.7. The fourth-order valence-corrected chi connectivity index (χ4v) is 9.48. The molecule has 0 unspecified atom stereocenters. The Bertz CT molecular complexity index is 3250. The quantitative estimate of drug-likeness (QED) is 0.211. The van der Waals surface area contributed by atoms with E-state index < -0.39 is 22.8 Å². The van der Waals surface area contributed by atoms with Crippen molar-refractivity contribution in [3.8, 4) is 17.2 Å². The third-order valence-corrected chi connectivity index (χ3v) is 12.7. The summed E-state index contributed by atoms with van der Waals surface area (Å²) in [6, 6.07) is 8.22. The maximum absolute atomic E-state index is 16.0. The number of rotatable bonds is 7. The average molecular weight is 846 g/mol. The molecule has 318 valence electrons. The zero-order valence-corrected chi connectivity index (χ0v) is 34.5. The molecule has 2 aromatic carbocycles. The Labute approximate surface area is 350 Å². The van der Waals surface area contributed by atoms with Gasteiger partial charge in [-0.2, -0.15) is 15.2 Å². The molecule has 1 aliphatic carbocycles. The first-order valence-corrected chi connectivity index (χ1v) is 20.5. The van der Waals surface area contributed by atoms with Gasteiger partial charge in [-0.3, -0.25) is 28.1 Å². The van der Waals surface area contributed by atoms with Crippen molar-refractivity contribution in [3.05, 3.63) is 121 Å². The van der Waals surface area contributed by atoms with Crippen LogP contribution in [0.3, 0.4) is 0 Å². The Morgan fingerprint density at radius 3 is 2.52 bits per heavy atom. The molecule has 2 aliphatic heterocycles. The number of carbonyl (C=O) groups excluding carboxylic acids is 1. The van der Waals surface area contributed by atoms with Crippen LogP contribution < -0.4 is 11.4 Å². The second kappa shape index (κ2) is 13.3. The molecule has 11 rings (SSSR count). The van der Waals surface area contributed by atoms with Crippen LogP contribution in [0, 0.1) is 25.5 Å². The summed E-state index contributed by atoms with van der Waals surface area (Å²) in [5.41, 5.74) is 2.39. The van der Waals surface area contributed by atoms with E-state index >= 15 is 9.18 Å². The molecule has 6 aromatic heterocycles. The van der Waals surface area contributed by atoms with Crippen molar-refractivity contribution >= 4 is 28.0 Å². The lowest BCUT2D eigenvalue weighted by Gasteiger charge is -2.34. The summed E-state index contributed by atoms with van der Waals surface area (Å²) in [5, 5.41) is 13.5. The summed E-state index contributed by atoms with van der Waals surface area (Å²) in [6.07, 6.45) is 7.28. The van der Waals surface area contributed by atoms with E-state index in [0.717, 1.165) is 6.42 Å². The van der Waals surface area contributed by atoms with Gasteiger partial charge in [0.15, 0.2) is 28.8 Å². The summed E-state index contributed by atoms with van der Waals surface area (Å²) in [5.74, 6) is -0.877. The van der Waals surface area contributed by atoms with E-state index in [9.17, 15) is 14.0 Å². The molecule has 8 heterocycles. The number of aromatic amines is 1. The molecule has 1 atom stereocenters. The number of benzene rings is 2. The smallest absolute Gasteiger partial charge is 0.438 e. The molecule has 0 bridgehead atoms. The molecule has 8 aromatic rings. The summed E-state index contributed by atoms with van der Waals surface area (Å²) in [4.78, 5) is 51.2. The maximum atomic E-state index is 16.0. The van der Waals surface area contributed by atoms with E-state index in [-0.39, 0.29) is 58.9 Å². The SMILES string of the molecule is Cc1cc(-n2nc3c(c2-n2ccn(-c4ccc5c(cnn5C)c4F)c2=O)CN(C(=O)c2cc4oc([C@H]5CCOC(C)(C)C5)nc4n2C2(c4noc(=O)[nH]4)CC2)CC3)cc(C)c1F. The number of hydrogen-bond donors (Lipinski definition) is 1. The Hall–Kier alpha value is -6.89. The average Bonchev–Trinajstić information content (AvgIpc) is 3.84. The van der Waals surface area contributed by atoms with Crippen LogP contribution in [0.2, 0.25) is 0 Å². The first-order valence-electron chi connectivity index (χ1n) is 20.5. The molecule has 62 heavy (non-hydrogen) atoms. The number of aromatic nitrogens is 10. The van der Waals surface area contributed by atoms with Gasteiger partial charge in [0, 0.05) is 56.6 Å². The lowest BCUT2D eigenvalue weighted by atomic mass is 9.88. The first-order chi connectivity index (χ1) is 29.7. The van der Waals surface area contributed by atoms with Crippen molar-refractivity contribution < 1.29 is 27.3 Å². The summed E-state index contributed by atoms with van der Waals surface area (Å²) in [6.45, 7) is 8.25. The van der Waals surface area contributed by atoms with Crippen LogP contribution >= 0.6 is 0 Å². The fourth-order valence-electron chi connectivity index (χ4n) is 9.48. The first kappa shape index (κ1) is 38.1. The molecule has 19 heteroatoms. The fraction of sp³-hybridized carbons (Fsp3) is 0.372.